The Balaban J connectivity index is 2.95. The average molecular weight is 229 g/mol. The summed E-state index contributed by atoms with van der Waals surface area (Å²) >= 11 is 5.50. The Labute approximate surface area is 94.0 Å². The lowest BCUT2D eigenvalue weighted by Crippen LogP contribution is -2.00. The Morgan fingerprint density at radius 3 is 2.93 bits per heavy atom. The van der Waals surface area contributed by atoms with Crippen LogP contribution in [0.1, 0.15) is 31.7 Å². The van der Waals surface area contributed by atoms with E-state index in [1.807, 2.05) is 0 Å². The predicted molar refractivity (Wildman–Crippen MR) is 62.2 cm³/mol. The highest BCUT2D eigenvalue weighted by Gasteiger charge is 2.12. The molecule has 0 fully saturated rings. The number of halogens is 2. The maximum absolute atomic E-state index is 13.3. The molecule has 0 unspecified atom stereocenters. The summed E-state index contributed by atoms with van der Waals surface area (Å²) in [6.07, 6.45) is 4.33. The first-order valence-corrected chi connectivity index (χ1v) is 5.23. The molecule has 0 saturated heterocycles. The lowest BCUT2D eigenvalue weighted by molar-refractivity contribution is 0.626. The Hall–Kier alpha value is -1.09. The minimum absolute atomic E-state index is 0.0381. The highest BCUT2D eigenvalue weighted by Crippen LogP contribution is 2.28. The second-order valence-electron chi connectivity index (χ2n) is 3.40. The molecule has 0 bridgehead atoms. The second kappa shape index (κ2) is 5.12. The molecule has 2 N–H and O–H groups in total. The lowest BCUT2D eigenvalue weighted by Gasteiger charge is -2.09. The molecule has 0 saturated carbocycles. The minimum atomic E-state index is -0.660. The van der Waals surface area contributed by atoms with Crippen molar-refractivity contribution in [3.8, 4) is 0 Å². The van der Waals surface area contributed by atoms with Crippen LogP contribution in [0.15, 0.2) is 12.8 Å². The summed E-state index contributed by atoms with van der Waals surface area (Å²) in [5.41, 5.74) is 7.00. The number of hydrogen-bond acceptors (Lipinski definition) is 2. The van der Waals surface area contributed by atoms with Crippen molar-refractivity contribution in [3.63, 3.8) is 0 Å². The van der Waals surface area contributed by atoms with Gasteiger partial charge in [-0.05, 0) is 18.4 Å². The van der Waals surface area contributed by atoms with Gasteiger partial charge in [-0.25, -0.2) is 9.37 Å². The SMILES string of the molecule is C=C(CCCC)c1cnc(Cl)c(F)c1N. The summed E-state index contributed by atoms with van der Waals surface area (Å²) in [5.74, 6) is -0.660. The quantitative estimate of drug-likeness (QED) is 0.799. The summed E-state index contributed by atoms with van der Waals surface area (Å²) in [7, 11) is 0. The molecule has 0 aliphatic carbocycles. The first-order chi connectivity index (χ1) is 7.07. The van der Waals surface area contributed by atoms with Gasteiger partial charge in [-0.2, -0.15) is 0 Å². The number of aromatic nitrogens is 1. The van der Waals surface area contributed by atoms with Crippen molar-refractivity contribution in [1.82, 2.24) is 4.98 Å². The molecule has 15 heavy (non-hydrogen) atoms. The zero-order chi connectivity index (χ0) is 11.4. The maximum atomic E-state index is 13.3. The molecule has 0 radical (unpaired) electrons. The predicted octanol–water partition coefficient (Wildman–Crippen LogP) is 3.66. The third kappa shape index (κ3) is 2.69. The molecule has 0 aliphatic heterocycles. The van der Waals surface area contributed by atoms with Gasteiger partial charge in [-0.1, -0.05) is 31.5 Å². The lowest BCUT2D eigenvalue weighted by atomic mass is 10.0. The van der Waals surface area contributed by atoms with Gasteiger partial charge in [0.1, 0.15) is 0 Å². The highest BCUT2D eigenvalue weighted by atomic mass is 35.5. The van der Waals surface area contributed by atoms with Crippen molar-refractivity contribution in [1.29, 1.82) is 0 Å². The molecule has 2 nitrogen and oxygen atoms in total. The fraction of sp³-hybridized carbons (Fsp3) is 0.364. The molecule has 0 amide bonds. The Kier molecular flexibility index (Phi) is 4.09. The number of pyridine rings is 1. The van der Waals surface area contributed by atoms with Gasteiger partial charge < -0.3 is 5.73 Å². The monoisotopic (exact) mass is 228 g/mol. The number of nitrogen functional groups attached to an aromatic ring is 1. The Bertz CT molecular complexity index is 377. The van der Waals surface area contributed by atoms with Gasteiger partial charge in [-0.15, -0.1) is 0 Å². The average Bonchev–Trinajstić information content (AvgIpc) is 2.23. The van der Waals surface area contributed by atoms with E-state index in [1.54, 1.807) is 0 Å². The van der Waals surface area contributed by atoms with Crippen molar-refractivity contribution in [2.24, 2.45) is 0 Å². The first kappa shape index (κ1) is 12.0. The van der Waals surface area contributed by atoms with Crippen LogP contribution in [0, 0.1) is 5.82 Å². The molecular formula is C11H14ClFN2. The number of nitrogens with zero attached hydrogens (tertiary/aromatic N) is 1. The van der Waals surface area contributed by atoms with Gasteiger partial charge in [0.25, 0.3) is 0 Å². The van der Waals surface area contributed by atoms with Crippen LogP contribution in [0.25, 0.3) is 5.57 Å². The van der Waals surface area contributed by atoms with Crippen LogP contribution in [0.2, 0.25) is 5.15 Å². The van der Waals surface area contributed by atoms with Crippen LogP contribution in [0.4, 0.5) is 10.1 Å². The summed E-state index contributed by atoms with van der Waals surface area (Å²) in [6, 6.07) is 0. The number of hydrogen-bond donors (Lipinski definition) is 1. The van der Waals surface area contributed by atoms with Gasteiger partial charge >= 0.3 is 0 Å². The topological polar surface area (TPSA) is 38.9 Å². The van der Waals surface area contributed by atoms with Gasteiger partial charge in [-0.3, -0.25) is 0 Å². The molecule has 0 spiro atoms. The number of rotatable bonds is 4. The van der Waals surface area contributed by atoms with E-state index in [4.69, 9.17) is 17.3 Å². The smallest absolute Gasteiger partial charge is 0.183 e. The van der Waals surface area contributed by atoms with Gasteiger partial charge in [0.2, 0.25) is 0 Å². The van der Waals surface area contributed by atoms with Gasteiger partial charge in [0.05, 0.1) is 5.69 Å². The molecule has 0 atom stereocenters. The van der Waals surface area contributed by atoms with Crippen molar-refractivity contribution in [3.05, 3.63) is 29.3 Å². The molecular weight excluding hydrogens is 215 g/mol. The van der Waals surface area contributed by atoms with E-state index < -0.39 is 5.82 Å². The van der Waals surface area contributed by atoms with E-state index in [1.165, 1.54) is 6.20 Å². The van der Waals surface area contributed by atoms with Crippen LogP contribution in [-0.4, -0.2) is 4.98 Å². The van der Waals surface area contributed by atoms with Gasteiger partial charge in [0, 0.05) is 11.8 Å². The summed E-state index contributed by atoms with van der Waals surface area (Å²) in [5, 5.41) is -0.195. The fourth-order valence-corrected chi connectivity index (χ4v) is 1.43. The van der Waals surface area contributed by atoms with E-state index >= 15 is 0 Å². The normalized spacial score (nSPS) is 10.3. The molecule has 0 aliphatic rings. The van der Waals surface area contributed by atoms with Crippen LogP contribution in [0.5, 0.6) is 0 Å². The summed E-state index contributed by atoms with van der Waals surface area (Å²) in [4.78, 5) is 3.72. The third-order valence-corrected chi connectivity index (χ3v) is 2.49. The third-order valence-electron chi connectivity index (χ3n) is 2.23. The van der Waals surface area contributed by atoms with Crippen LogP contribution in [-0.2, 0) is 0 Å². The molecule has 4 heteroatoms. The maximum Gasteiger partial charge on any atom is 0.183 e. The van der Waals surface area contributed by atoms with Crippen molar-refractivity contribution in [2.75, 3.05) is 5.73 Å². The summed E-state index contributed by atoms with van der Waals surface area (Å²) < 4.78 is 13.3. The van der Waals surface area contributed by atoms with Crippen molar-refractivity contribution in [2.45, 2.75) is 26.2 Å². The molecule has 1 aromatic heterocycles. The first-order valence-electron chi connectivity index (χ1n) is 4.85. The number of unbranched alkanes of at least 4 members (excludes halogenated alkanes) is 1. The Morgan fingerprint density at radius 1 is 1.67 bits per heavy atom. The van der Waals surface area contributed by atoms with Crippen LogP contribution < -0.4 is 5.73 Å². The van der Waals surface area contributed by atoms with Crippen LogP contribution >= 0.6 is 11.6 Å². The molecule has 0 aromatic carbocycles. The number of nitrogens with two attached hydrogens (primary N) is 1. The largest absolute Gasteiger partial charge is 0.396 e. The number of anilines is 1. The molecule has 1 aromatic rings. The molecule has 1 heterocycles. The molecule has 82 valence electrons. The fourth-order valence-electron chi connectivity index (χ4n) is 1.28. The van der Waals surface area contributed by atoms with E-state index in [2.05, 4.69) is 18.5 Å². The standard InChI is InChI=1S/C11H14ClFN2/c1-3-4-5-7(2)8-6-15-11(12)9(13)10(8)14/h6H,2-5H2,1H3,(H2,14,15). The van der Waals surface area contributed by atoms with Crippen molar-refractivity contribution >= 4 is 22.9 Å². The number of allylic oxidation sites excluding steroid dienone is 1. The molecule has 1 rings (SSSR count). The Morgan fingerprint density at radius 2 is 2.33 bits per heavy atom. The minimum Gasteiger partial charge on any atom is -0.396 e. The second-order valence-corrected chi connectivity index (χ2v) is 3.76. The van der Waals surface area contributed by atoms with Crippen molar-refractivity contribution < 1.29 is 4.39 Å². The highest BCUT2D eigenvalue weighted by molar-refractivity contribution is 6.29. The zero-order valence-electron chi connectivity index (χ0n) is 8.69. The van der Waals surface area contributed by atoms with E-state index in [0.717, 1.165) is 24.8 Å². The van der Waals surface area contributed by atoms with Crippen LogP contribution in [0.3, 0.4) is 0 Å². The van der Waals surface area contributed by atoms with E-state index in [9.17, 15) is 4.39 Å². The van der Waals surface area contributed by atoms with Gasteiger partial charge in [0.15, 0.2) is 11.0 Å². The summed E-state index contributed by atoms with van der Waals surface area (Å²) in [6.45, 7) is 5.95. The van der Waals surface area contributed by atoms with E-state index in [0.29, 0.717) is 5.56 Å². The zero-order valence-corrected chi connectivity index (χ0v) is 9.44. The van der Waals surface area contributed by atoms with E-state index in [-0.39, 0.29) is 10.8 Å².